The van der Waals surface area contributed by atoms with Crippen molar-refractivity contribution in [1.29, 1.82) is 0 Å². The molecule has 0 atom stereocenters. The zero-order chi connectivity index (χ0) is 22.3. The van der Waals surface area contributed by atoms with Crippen LogP contribution in [0.5, 0.6) is 0 Å². The van der Waals surface area contributed by atoms with Crippen molar-refractivity contribution in [3.63, 3.8) is 0 Å². The van der Waals surface area contributed by atoms with E-state index in [1.54, 1.807) is 36.4 Å². The van der Waals surface area contributed by atoms with Gasteiger partial charge < -0.3 is 4.90 Å². The number of nitrogens with zero attached hydrogens (tertiary/aromatic N) is 3. The Morgan fingerprint density at radius 3 is 1.42 bits per heavy atom. The number of amidine groups is 2. The first-order chi connectivity index (χ1) is 14.6. The van der Waals surface area contributed by atoms with E-state index in [1.807, 2.05) is 0 Å². The Morgan fingerprint density at radius 1 is 0.677 bits per heavy atom. The molecular formula is C22H19F6N3. The topological polar surface area (TPSA) is 28.0 Å². The standard InChI is InChI=1S/C22H19F6N3/c23-21(24,25)20(22(26,27)28)29-18(15-9-3-1-4-10-15)31(17-13-7-8-14-17)19(30-20)16-11-5-2-6-12-16/h1-6,9-12,17H,7-8,13-14H2. The van der Waals surface area contributed by atoms with Gasteiger partial charge in [-0.1, -0.05) is 73.5 Å². The lowest BCUT2D eigenvalue weighted by atomic mass is 10.0. The largest absolute Gasteiger partial charge is 0.443 e. The van der Waals surface area contributed by atoms with Gasteiger partial charge in [-0.05, 0) is 12.8 Å². The third-order valence-electron chi connectivity index (χ3n) is 5.54. The second-order valence-electron chi connectivity index (χ2n) is 7.58. The Labute approximate surface area is 175 Å². The molecule has 1 aliphatic carbocycles. The van der Waals surface area contributed by atoms with Gasteiger partial charge in [0.05, 0.1) is 0 Å². The van der Waals surface area contributed by atoms with E-state index in [1.165, 1.54) is 29.2 Å². The van der Waals surface area contributed by atoms with Gasteiger partial charge in [0.15, 0.2) is 0 Å². The van der Waals surface area contributed by atoms with Crippen LogP contribution in [0.25, 0.3) is 0 Å². The maximum atomic E-state index is 14.0. The van der Waals surface area contributed by atoms with Gasteiger partial charge in [-0.3, -0.25) is 0 Å². The van der Waals surface area contributed by atoms with Crippen molar-refractivity contribution in [2.24, 2.45) is 9.98 Å². The fraction of sp³-hybridized carbons (Fsp3) is 0.364. The number of hydrogen-bond acceptors (Lipinski definition) is 3. The molecule has 0 unspecified atom stereocenters. The first-order valence-corrected chi connectivity index (χ1v) is 9.87. The maximum Gasteiger partial charge on any atom is 0.443 e. The Balaban J connectivity index is 2.03. The van der Waals surface area contributed by atoms with Crippen LogP contribution in [0.15, 0.2) is 70.6 Å². The number of hydrogen-bond donors (Lipinski definition) is 0. The van der Waals surface area contributed by atoms with E-state index in [-0.39, 0.29) is 28.8 Å². The first-order valence-electron chi connectivity index (χ1n) is 9.87. The van der Waals surface area contributed by atoms with Gasteiger partial charge in [0.2, 0.25) is 0 Å². The molecule has 0 bridgehead atoms. The number of rotatable bonds is 3. The van der Waals surface area contributed by atoms with Gasteiger partial charge in [0.1, 0.15) is 11.7 Å². The molecule has 4 rings (SSSR count). The summed E-state index contributed by atoms with van der Waals surface area (Å²) in [6.45, 7) is 0. The van der Waals surface area contributed by atoms with Gasteiger partial charge in [0, 0.05) is 17.2 Å². The Morgan fingerprint density at radius 2 is 1.06 bits per heavy atom. The number of alkyl halides is 6. The molecule has 0 radical (unpaired) electrons. The van der Waals surface area contributed by atoms with Crippen LogP contribution in [0.1, 0.15) is 36.8 Å². The van der Waals surface area contributed by atoms with Gasteiger partial charge in [-0.15, -0.1) is 0 Å². The SMILES string of the molecule is FC(F)(F)C1(C(F)(F)F)N=C(c2ccccc2)N(C2CCCC2)C(c2ccccc2)=N1. The third-order valence-corrected chi connectivity index (χ3v) is 5.54. The molecule has 9 heteroatoms. The van der Waals surface area contributed by atoms with Gasteiger partial charge in [-0.2, -0.15) is 26.3 Å². The van der Waals surface area contributed by atoms with Crippen molar-refractivity contribution >= 4 is 11.7 Å². The summed E-state index contributed by atoms with van der Waals surface area (Å²) in [6, 6.07) is 15.1. The fourth-order valence-electron chi connectivity index (χ4n) is 4.04. The van der Waals surface area contributed by atoms with Crippen molar-refractivity contribution < 1.29 is 26.3 Å². The van der Waals surface area contributed by atoms with Crippen LogP contribution in [0.4, 0.5) is 26.3 Å². The molecule has 1 heterocycles. The summed E-state index contributed by atoms with van der Waals surface area (Å²) in [5.41, 5.74) is -4.22. The van der Waals surface area contributed by atoms with Crippen LogP contribution in [0.2, 0.25) is 0 Å². The van der Waals surface area contributed by atoms with Gasteiger partial charge in [0.25, 0.3) is 0 Å². The zero-order valence-corrected chi connectivity index (χ0v) is 16.3. The lowest BCUT2D eigenvalue weighted by Crippen LogP contribution is -2.60. The molecule has 1 saturated carbocycles. The van der Waals surface area contributed by atoms with E-state index in [4.69, 9.17) is 0 Å². The van der Waals surface area contributed by atoms with Crippen LogP contribution in [-0.4, -0.2) is 40.6 Å². The molecule has 1 aliphatic heterocycles. The Hall–Kier alpha value is -2.84. The smallest absolute Gasteiger partial charge is 0.307 e. The average Bonchev–Trinajstić information content (AvgIpc) is 3.27. The van der Waals surface area contributed by atoms with E-state index in [9.17, 15) is 26.3 Å². The van der Waals surface area contributed by atoms with Crippen LogP contribution in [0, 0.1) is 0 Å². The van der Waals surface area contributed by atoms with Crippen LogP contribution in [0.3, 0.4) is 0 Å². The van der Waals surface area contributed by atoms with E-state index in [0.29, 0.717) is 12.8 Å². The third kappa shape index (κ3) is 3.70. The van der Waals surface area contributed by atoms with Crippen LogP contribution in [-0.2, 0) is 0 Å². The van der Waals surface area contributed by atoms with Gasteiger partial charge >= 0.3 is 18.0 Å². The summed E-state index contributed by atoms with van der Waals surface area (Å²) in [7, 11) is 0. The molecule has 0 spiro atoms. The van der Waals surface area contributed by atoms with E-state index < -0.39 is 18.0 Å². The summed E-state index contributed by atoms with van der Waals surface area (Å²) in [5.74, 6) is -0.730. The number of benzene rings is 2. The highest BCUT2D eigenvalue weighted by Crippen LogP contribution is 2.50. The normalized spacial score (nSPS) is 19.9. The lowest BCUT2D eigenvalue weighted by Gasteiger charge is -2.42. The molecule has 164 valence electrons. The summed E-state index contributed by atoms with van der Waals surface area (Å²) >= 11 is 0. The number of aliphatic imine (C=N–C) groups is 2. The second-order valence-corrected chi connectivity index (χ2v) is 7.58. The average molecular weight is 439 g/mol. The molecule has 2 aliphatic rings. The highest BCUT2D eigenvalue weighted by atomic mass is 19.4. The molecular weight excluding hydrogens is 420 g/mol. The molecule has 0 N–H and O–H groups in total. The Bertz CT molecular complexity index is 900. The molecule has 2 aromatic carbocycles. The minimum atomic E-state index is -5.77. The summed E-state index contributed by atoms with van der Waals surface area (Å²) in [5, 5.41) is 0. The van der Waals surface area contributed by atoms with Crippen LogP contribution < -0.4 is 0 Å². The van der Waals surface area contributed by atoms with Crippen molar-refractivity contribution in [2.45, 2.75) is 49.7 Å². The predicted molar refractivity (Wildman–Crippen MR) is 105 cm³/mol. The lowest BCUT2D eigenvalue weighted by molar-refractivity contribution is -0.293. The minimum Gasteiger partial charge on any atom is -0.307 e. The quantitative estimate of drug-likeness (QED) is 0.543. The predicted octanol–water partition coefficient (Wildman–Crippen LogP) is 5.96. The zero-order valence-electron chi connectivity index (χ0n) is 16.3. The first kappa shape index (κ1) is 21.4. The highest BCUT2D eigenvalue weighted by Gasteiger charge is 2.74. The molecule has 31 heavy (non-hydrogen) atoms. The molecule has 0 amide bonds. The van der Waals surface area contributed by atoms with Gasteiger partial charge in [-0.25, -0.2) is 9.98 Å². The molecule has 3 nitrogen and oxygen atoms in total. The Kier molecular flexibility index (Phi) is 5.31. The van der Waals surface area contributed by atoms with Crippen molar-refractivity contribution in [3.8, 4) is 0 Å². The minimum absolute atomic E-state index is 0.176. The fourth-order valence-corrected chi connectivity index (χ4v) is 4.04. The maximum absolute atomic E-state index is 14.0. The molecule has 0 aromatic heterocycles. The number of halogens is 6. The van der Waals surface area contributed by atoms with Crippen molar-refractivity contribution in [1.82, 2.24) is 4.90 Å². The van der Waals surface area contributed by atoms with E-state index >= 15 is 0 Å². The summed E-state index contributed by atoms with van der Waals surface area (Å²) in [4.78, 5) is 8.13. The van der Waals surface area contributed by atoms with Crippen molar-refractivity contribution in [3.05, 3.63) is 71.8 Å². The van der Waals surface area contributed by atoms with Crippen LogP contribution >= 0.6 is 0 Å². The monoisotopic (exact) mass is 439 g/mol. The van der Waals surface area contributed by atoms with E-state index in [2.05, 4.69) is 9.98 Å². The van der Waals surface area contributed by atoms with E-state index in [0.717, 1.165) is 12.8 Å². The highest BCUT2D eigenvalue weighted by molar-refractivity contribution is 6.16. The second kappa shape index (κ2) is 7.69. The summed E-state index contributed by atoms with van der Waals surface area (Å²) < 4.78 is 84.1. The molecule has 2 aromatic rings. The molecule has 1 fully saturated rings. The molecule has 0 saturated heterocycles. The summed E-state index contributed by atoms with van der Waals surface area (Å²) in [6.07, 6.45) is -8.63. The van der Waals surface area contributed by atoms with Crippen molar-refractivity contribution in [2.75, 3.05) is 0 Å².